The van der Waals surface area contributed by atoms with E-state index in [9.17, 15) is 9.59 Å². The van der Waals surface area contributed by atoms with Crippen molar-refractivity contribution in [2.75, 3.05) is 44.1 Å². The van der Waals surface area contributed by atoms with Crippen LogP contribution in [-0.2, 0) is 22.3 Å². The topological polar surface area (TPSA) is 71.1 Å². The minimum atomic E-state index is -0.526. The zero-order valence-corrected chi connectivity index (χ0v) is 18.2. The van der Waals surface area contributed by atoms with E-state index < -0.39 is 12.2 Å². The number of benzene rings is 2. The van der Waals surface area contributed by atoms with Crippen LogP contribution in [0, 0.1) is 0 Å². The lowest BCUT2D eigenvalue weighted by atomic mass is 10.0. The molecule has 0 aromatic heterocycles. The Hall–Kier alpha value is -2.77. The fourth-order valence-electron chi connectivity index (χ4n) is 3.26. The highest BCUT2D eigenvalue weighted by atomic mass is 35.5. The number of halogens is 1. The van der Waals surface area contributed by atoms with Gasteiger partial charge in [0.1, 0.15) is 6.61 Å². The number of ether oxygens (including phenoxy) is 2. The molecular weight excluding hydrogens is 406 g/mol. The van der Waals surface area contributed by atoms with Gasteiger partial charge >= 0.3 is 12.2 Å². The Balaban J connectivity index is 0.00000320. The molecule has 0 fully saturated rings. The summed E-state index contributed by atoms with van der Waals surface area (Å²) in [7, 11) is 3.86. The number of rotatable bonds is 5. The summed E-state index contributed by atoms with van der Waals surface area (Å²) in [6.07, 6.45) is 0.639. The van der Waals surface area contributed by atoms with Gasteiger partial charge in [-0.15, -0.1) is 0 Å². The van der Waals surface area contributed by atoms with E-state index in [4.69, 9.17) is 9.47 Å². The van der Waals surface area contributed by atoms with Crippen molar-refractivity contribution in [2.45, 2.75) is 19.8 Å². The molecule has 1 aliphatic rings. The first-order valence-electron chi connectivity index (χ1n) is 9.75. The first kappa shape index (κ1) is 23.5. The van der Waals surface area contributed by atoms with E-state index in [1.807, 2.05) is 55.4 Å². The largest absolute Gasteiger partial charge is 1.00 e. The van der Waals surface area contributed by atoms with E-state index in [-0.39, 0.29) is 19.0 Å². The molecule has 0 saturated heterocycles. The number of amides is 2. The highest BCUT2D eigenvalue weighted by Gasteiger charge is 2.27. The predicted octanol–water partition coefficient (Wildman–Crippen LogP) is 1.19. The first-order valence-corrected chi connectivity index (χ1v) is 9.75. The Bertz CT molecular complexity index is 888. The number of aryl methyl sites for hydroxylation is 2. The number of likely N-dealkylation sites (N-methyl/N-ethyl adjacent to an activating group) is 1. The Labute approximate surface area is 183 Å². The lowest BCUT2D eigenvalue weighted by Crippen LogP contribution is -3.00. The van der Waals surface area contributed by atoms with Gasteiger partial charge in [-0.2, -0.15) is 0 Å². The monoisotopic (exact) mass is 432 g/mol. The summed E-state index contributed by atoms with van der Waals surface area (Å²) in [4.78, 5) is 28.4. The minimum absolute atomic E-state index is 0. The molecule has 1 N–H and O–H groups in total. The highest BCUT2D eigenvalue weighted by molar-refractivity contribution is 5.99. The molecule has 0 aliphatic carbocycles. The van der Waals surface area contributed by atoms with Gasteiger partial charge in [-0.3, -0.25) is 5.32 Å². The van der Waals surface area contributed by atoms with Crippen molar-refractivity contribution in [3.05, 3.63) is 53.6 Å². The molecule has 8 heteroatoms. The number of carbonyl (C=O) groups excluding carboxylic acids is 2. The zero-order chi connectivity index (χ0) is 20.8. The van der Waals surface area contributed by atoms with Crippen LogP contribution in [0.15, 0.2) is 42.5 Å². The molecule has 0 unspecified atom stereocenters. The number of carbonyl (C=O) groups is 2. The van der Waals surface area contributed by atoms with Crippen LogP contribution in [-0.4, -0.2) is 50.9 Å². The third-order valence-corrected chi connectivity index (χ3v) is 4.69. The van der Waals surface area contributed by atoms with Crippen LogP contribution in [0.3, 0.4) is 0 Å². The molecule has 0 spiro atoms. The molecule has 30 heavy (non-hydrogen) atoms. The number of nitrogens with one attached hydrogen (secondary N) is 1. The van der Waals surface area contributed by atoms with Crippen LogP contribution in [0.1, 0.15) is 18.1 Å². The summed E-state index contributed by atoms with van der Waals surface area (Å²) in [6.45, 7) is 2.96. The number of para-hydroxylation sites is 1. The van der Waals surface area contributed by atoms with Gasteiger partial charge in [-0.25, -0.2) is 14.5 Å². The maximum atomic E-state index is 13.1. The van der Waals surface area contributed by atoms with Crippen molar-refractivity contribution < 1.29 is 31.5 Å². The second-order valence-electron chi connectivity index (χ2n) is 7.07. The second-order valence-corrected chi connectivity index (χ2v) is 7.07. The van der Waals surface area contributed by atoms with E-state index in [2.05, 4.69) is 5.32 Å². The Morgan fingerprint density at radius 3 is 2.43 bits per heavy atom. The molecule has 2 amide bonds. The minimum Gasteiger partial charge on any atom is -1.00 e. The maximum absolute atomic E-state index is 13.1. The van der Waals surface area contributed by atoms with Gasteiger partial charge in [0, 0.05) is 12.2 Å². The van der Waals surface area contributed by atoms with E-state index in [0.717, 1.165) is 29.7 Å². The van der Waals surface area contributed by atoms with E-state index in [1.54, 1.807) is 17.9 Å². The molecule has 1 aliphatic heterocycles. The molecule has 1 heterocycles. The number of nitrogens with zero attached hydrogens (tertiary/aromatic N) is 2. The normalized spacial score (nSPS) is 12.2. The SMILES string of the molecule is CCOC(=O)Nc1ccc2c(c1)N(C(=O)OCCN(C)C)c1ccccc1CC2.[Cl-]. The first-order chi connectivity index (χ1) is 14.0. The van der Waals surface area contributed by atoms with Crippen molar-refractivity contribution in [1.29, 1.82) is 0 Å². The molecular formula is C22H27ClN3O4-. The molecule has 0 saturated carbocycles. The number of hydrogen-bond donors (Lipinski definition) is 1. The molecule has 2 aromatic rings. The van der Waals surface area contributed by atoms with E-state index in [0.29, 0.717) is 24.5 Å². The van der Waals surface area contributed by atoms with Gasteiger partial charge in [-0.1, -0.05) is 24.3 Å². The van der Waals surface area contributed by atoms with Crippen molar-refractivity contribution in [3.63, 3.8) is 0 Å². The molecule has 2 aromatic carbocycles. The molecule has 0 atom stereocenters. The van der Waals surface area contributed by atoms with Gasteiger partial charge in [0.2, 0.25) is 0 Å². The summed E-state index contributed by atoms with van der Waals surface area (Å²) in [5.74, 6) is 0. The smallest absolute Gasteiger partial charge is 0.419 e. The summed E-state index contributed by atoms with van der Waals surface area (Å²) < 4.78 is 10.5. The zero-order valence-electron chi connectivity index (χ0n) is 17.5. The second kappa shape index (κ2) is 10.8. The van der Waals surface area contributed by atoms with E-state index in [1.165, 1.54) is 0 Å². The van der Waals surface area contributed by atoms with Gasteiger partial charge < -0.3 is 26.8 Å². The Kier molecular flexibility index (Phi) is 8.50. The van der Waals surface area contributed by atoms with Gasteiger partial charge in [0.25, 0.3) is 0 Å². The van der Waals surface area contributed by atoms with Crippen LogP contribution < -0.4 is 22.6 Å². The van der Waals surface area contributed by atoms with Crippen LogP contribution in [0.2, 0.25) is 0 Å². The summed E-state index contributed by atoms with van der Waals surface area (Å²) in [6, 6.07) is 13.4. The molecule has 0 radical (unpaired) electrons. The third-order valence-electron chi connectivity index (χ3n) is 4.69. The fourth-order valence-corrected chi connectivity index (χ4v) is 3.26. The average Bonchev–Trinajstić information content (AvgIpc) is 2.84. The number of anilines is 3. The van der Waals surface area contributed by atoms with Crippen molar-refractivity contribution in [2.24, 2.45) is 0 Å². The van der Waals surface area contributed by atoms with Gasteiger partial charge in [0.05, 0.1) is 18.0 Å². The summed E-state index contributed by atoms with van der Waals surface area (Å²) in [5, 5.41) is 2.71. The third kappa shape index (κ3) is 5.64. The Morgan fingerprint density at radius 2 is 1.73 bits per heavy atom. The lowest BCUT2D eigenvalue weighted by molar-refractivity contribution is -0.0000173. The Morgan fingerprint density at radius 1 is 1.03 bits per heavy atom. The lowest BCUT2D eigenvalue weighted by Gasteiger charge is -2.25. The fraction of sp³-hybridized carbons (Fsp3) is 0.364. The highest BCUT2D eigenvalue weighted by Crippen LogP contribution is 2.38. The number of fused-ring (bicyclic) bond motifs is 2. The van der Waals surface area contributed by atoms with Crippen molar-refractivity contribution in [3.8, 4) is 0 Å². The summed E-state index contributed by atoms with van der Waals surface area (Å²) in [5.41, 5.74) is 4.16. The van der Waals surface area contributed by atoms with Gasteiger partial charge in [0.15, 0.2) is 0 Å². The van der Waals surface area contributed by atoms with Crippen LogP contribution in [0.5, 0.6) is 0 Å². The number of hydrogen-bond acceptors (Lipinski definition) is 5. The molecule has 162 valence electrons. The van der Waals surface area contributed by atoms with Gasteiger partial charge in [-0.05, 0) is 63.2 Å². The average molecular weight is 433 g/mol. The molecule has 3 rings (SSSR count). The maximum Gasteiger partial charge on any atom is 0.419 e. The molecule has 7 nitrogen and oxygen atoms in total. The van der Waals surface area contributed by atoms with Crippen LogP contribution in [0.4, 0.5) is 26.7 Å². The van der Waals surface area contributed by atoms with Crippen LogP contribution in [0.25, 0.3) is 0 Å². The van der Waals surface area contributed by atoms with Crippen LogP contribution >= 0.6 is 0 Å². The molecule has 0 bridgehead atoms. The quantitative estimate of drug-likeness (QED) is 0.768. The van der Waals surface area contributed by atoms with E-state index >= 15 is 0 Å². The predicted molar refractivity (Wildman–Crippen MR) is 113 cm³/mol. The standard InChI is InChI=1S/C22H27N3O4.ClH/c1-4-28-21(26)23-18-12-11-17-10-9-16-7-5-6-8-19(16)25(20(17)15-18)22(27)29-14-13-24(2)3;/h5-8,11-12,15H,4,9-10,13-14H2,1-3H3,(H,23,26);1H/p-1. The van der Waals surface area contributed by atoms with Crippen molar-refractivity contribution >= 4 is 29.2 Å². The van der Waals surface area contributed by atoms with Crippen molar-refractivity contribution in [1.82, 2.24) is 4.90 Å². The summed E-state index contributed by atoms with van der Waals surface area (Å²) >= 11 is 0.